The molecule has 0 aliphatic rings. The monoisotopic (exact) mass is 265 g/mol. The Morgan fingerprint density at radius 2 is 1.80 bits per heavy atom. The van der Waals surface area contributed by atoms with Gasteiger partial charge in [0.2, 0.25) is 0 Å². The topological polar surface area (TPSA) is 63.1 Å². The van der Waals surface area contributed by atoms with Crippen molar-refractivity contribution in [2.24, 2.45) is 0 Å². The van der Waals surface area contributed by atoms with Gasteiger partial charge >= 0.3 is 11.2 Å². The molecule has 0 atom stereocenters. The highest BCUT2D eigenvalue weighted by molar-refractivity contribution is 6.50. The van der Waals surface area contributed by atoms with Crippen molar-refractivity contribution in [1.29, 1.82) is 0 Å². The van der Waals surface area contributed by atoms with Crippen LogP contribution >= 0.6 is 34.8 Å². The third kappa shape index (κ3) is 1.65. The molecular formula is C8H2Cl3NO3. The van der Waals surface area contributed by atoms with E-state index in [-0.39, 0.29) is 26.2 Å². The summed E-state index contributed by atoms with van der Waals surface area (Å²) in [6.07, 6.45) is 0. The fourth-order valence-electron chi connectivity index (χ4n) is 1.08. The van der Waals surface area contributed by atoms with E-state index in [0.29, 0.717) is 0 Å². The first kappa shape index (κ1) is 10.5. The van der Waals surface area contributed by atoms with Crippen LogP contribution in [0.25, 0.3) is 11.1 Å². The summed E-state index contributed by atoms with van der Waals surface area (Å²) in [7, 11) is 0. The first-order valence-corrected chi connectivity index (χ1v) is 4.84. The minimum atomic E-state index is -1.02. The van der Waals surface area contributed by atoms with E-state index in [1.807, 2.05) is 0 Å². The van der Waals surface area contributed by atoms with Crippen LogP contribution in [0.15, 0.2) is 20.1 Å². The zero-order valence-corrected chi connectivity index (χ0v) is 9.20. The zero-order chi connectivity index (χ0) is 11.2. The molecule has 0 spiro atoms. The Morgan fingerprint density at radius 1 is 1.13 bits per heavy atom. The van der Waals surface area contributed by atoms with E-state index in [4.69, 9.17) is 34.8 Å². The van der Waals surface area contributed by atoms with E-state index in [0.717, 1.165) is 0 Å². The molecule has 0 bridgehead atoms. The van der Waals surface area contributed by atoms with Crippen LogP contribution in [0.4, 0.5) is 0 Å². The highest BCUT2D eigenvalue weighted by atomic mass is 35.5. The zero-order valence-electron chi connectivity index (χ0n) is 6.94. The van der Waals surface area contributed by atoms with Gasteiger partial charge in [0.15, 0.2) is 5.58 Å². The summed E-state index contributed by atoms with van der Waals surface area (Å²) < 4.78 is 4.68. The van der Waals surface area contributed by atoms with Crippen LogP contribution in [-0.4, -0.2) is 4.98 Å². The van der Waals surface area contributed by atoms with Crippen LogP contribution in [0.5, 0.6) is 0 Å². The maximum Gasteiger partial charge on any atom is 0.402 e. The van der Waals surface area contributed by atoms with Gasteiger partial charge in [-0.25, -0.2) is 4.79 Å². The third-order valence-electron chi connectivity index (χ3n) is 1.75. The van der Waals surface area contributed by atoms with Crippen LogP contribution in [0, 0.1) is 0 Å². The molecule has 0 unspecified atom stereocenters. The molecule has 2 rings (SSSR count). The molecular weight excluding hydrogens is 264 g/mol. The SMILES string of the molecule is O=c1[nH]c2c(Cl)c(Cl)c(Cl)cc2oc1=O. The number of fused-ring (bicyclic) bond motifs is 1. The van der Waals surface area contributed by atoms with E-state index in [1.54, 1.807) is 0 Å². The van der Waals surface area contributed by atoms with Crippen LogP contribution in [0.1, 0.15) is 0 Å². The lowest BCUT2D eigenvalue weighted by atomic mass is 10.3. The summed E-state index contributed by atoms with van der Waals surface area (Å²) in [5.41, 5.74) is -1.69. The number of halogens is 3. The molecule has 0 aliphatic carbocycles. The van der Waals surface area contributed by atoms with Gasteiger partial charge in [-0.2, -0.15) is 0 Å². The number of benzene rings is 1. The summed E-state index contributed by atoms with van der Waals surface area (Å²) >= 11 is 17.3. The first-order chi connectivity index (χ1) is 7.00. The number of aromatic nitrogens is 1. The Balaban J connectivity index is 3.06. The fourth-order valence-corrected chi connectivity index (χ4v) is 1.71. The van der Waals surface area contributed by atoms with E-state index in [9.17, 15) is 9.59 Å². The van der Waals surface area contributed by atoms with Crippen molar-refractivity contribution in [1.82, 2.24) is 4.98 Å². The molecule has 0 fully saturated rings. The number of aromatic amines is 1. The molecule has 0 saturated carbocycles. The second-order valence-corrected chi connectivity index (χ2v) is 3.87. The van der Waals surface area contributed by atoms with E-state index in [2.05, 4.69) is 9.40 Å². The van der Waals surface area contributed by atoms with Gasteiger partial charge in [0.05, 0.1) is 15.1 Å². The van der Waals surface area contributed by atoms with Crippen molar-refractivity contribution in [3.05, 3.63) is 41.9 Å². The van der Waals surface area contributed by atoms with Crippen molar-refractivity contribution >= 4 is 45.9 Å². The maximum absolute atomic E-state index is 11.0. The highest BCUT2D eigenvalue weighted by Crippen LogP contribution is 2.34. The van der Waals surface area contributed by atoms with Gasteiger partial charge in [-0.1, -0.05) is 34.8 Å². The Labute approximate surface area is 97.4 Å². The van der Waals surface area contributed by atoms with E-state index >= 15 is 0 Å². The molecule has 4 nitrogen and oxygen atoms in total. The molecule has 7 heteroatoms. The molecule has 0 amide bonds. The van der Waals surface area contributed by atoms with Gasteiger partial charge in [0.1, 0.15) is 5.52 Å². The van der Waals surface area contributed by atoms with Crippen molar-refractivity contribution in [2.75, 3.05) is 0 Å². The second kappa shape index (κ2) is 3.56. The lowest BCUT2D eigenvalue weighted by Gasteiger charge is -2.02. The number of hydrogen-bond acceptors (Lipinski definition) is 3. The van der Waals surface area contributed by atoms with Crippen LogP contribution in [0.2, 0.25) is 15.1 Å². The molecule has 1 aromatic carbocycles. The Bertz CT molecular complexity index is 658. The number of rotatable bonds is 0. The molecule has 0 radical (unpaired) electrons. The summed E-state index contributed by atoms with van der Waals surface area (Å²) in [5.74, 6) is 0. The van der Waals surface area contributed by atoms with Crippen molar-refractivity contribution in [3.8, 4) is 0 Å². The molecule has 0 aliphatic heterocycles. The Hall–Kier alpha value is -0.970. The lowest BCUT2D eigenvalue weighted by Crippen LogP contribution is -2.25. The summed E-state index contributed by atoms with van der Waals surface area (Å²) in [6.45, 7) is 0. The summed E-state index contributed by atoms with van der Waals surface area (Å²) in [6, 6.07) is 1.31. The molecule has 1 aromatic heterocycles. The average molecular weight is 266 g/mol. The van der Waals surface area contributed by atoms with Gasteiger partial charge in [-0.05, 0) is 0 Å². The smallest absolute Gasteiger partial charge is 0.402 e. The van der Waals surface area contributed by atoms with Crippen LogP contribution < -0.4 is 11.2 Å². The van der Waals surface area contributed by atoms with Gasteiger partial charge in [-0.15, -0.1) is 0 Å². The van der Waals surface area contributed by atoms with Gasteiger partial charge in [-0.3, -0.25) is 4.79 Å². The minimum Gasteiger partial charge on any atom is -0.417 e. The summed E-state index contributed by atoms with van der Waals surface area (Å²) in [4.78, 5) is 24.2. The molecule has 1 N–H and O–H groups in total. The quantitative estimate of drug-likeness (QED) is 0.588. The lowest BCUT2D eigenvalue weighted by molar-refractivity contribution is 0.546. The Kier molecular flexibility index (Phi) is 2.50. The van der Waals surface area contributed by atoms with Crippen LogP contribution in [-0.2, 0) is 0 Å². The maximum atomic E-state index is 11.0. The normalized spacial score (nSPS) is 10.9. The largest absolute Gasteiger partial charge is 0.417 e. The van der Waals surface area contributed by atoms with Crippen LogP contribution in [0.3, 0.4) is 0 Å². The van der Waals surface area contributed by atoms with Crippen molar-refractivity contribution in [3.63, 3.8) is 0 Å². The van der Waals surface area contributed by atoms with Gasteiger partial charge < -0.3 is 9.40 Å². The standard InChI is InChI=1S/C8H2Cl3NO3/c9-2-1-3-6(5(11)4(2)10)12-7(13)8(14)15-3/h1H,(H,12,13). The highest BCUT2D eigenvalue weighted by Gasteiger charge is 2.12. The third-order valence-corrected chi connectivity index (χ3v) is 3.01. The predicted octanol–water partition coefficient (Wildman–Crippen LogP) is 2.44. The molecule has 2 aromatic rings. The van der Waals surface area contributed by atoms with Gasteiger partial charge in [0.25, 0.3) is 0 Å². The molecule has 1 heterocycles. The van der Waals surface area contributed by atoms with E-state index < -0.39 is 11.2 Å². The van der Waals surface area contributed by atoms with Crippen molar-refractivity contribution < 1.29 is 4.42 Å². The van der Waals surface area contributed by atoms with E-state index in [1.165, 1.54) is 6.07 Å². The summed E-state index contributed by atoms with van der Waals surface area (Å²) in [5, 5.41) is 0.278. The average Bonchev–Trinajstić information content (AvgIpc) is 2.19. The molecule has 15 heavy (non-hydrogen) atoms. The number of hydrogen-bond donors (Lipinski definition) is 1. The van der Waals surface area contributed by atoms with Gasteiger partial charge in [0, 0.05) is 6.07 Å². The number of H-pyrrole nitrogens is 1. The fraction of sp³-hybridized carbons (Fsp3) is 0. The van der Waals surface area contributed by atoms with Crippen molar-refractivity contribution in [2.45, 2.75) is 0 Å². The second-order valence-electron chi connectivity index (χ2n) is 2.70. The minimum absolute atomic E-state index is 0.0417. The molecule has 78 valence electrons. The number of nitrogens with one attached hydrogen (secondary N) is 1. The Morgan fingerprint density at radius 3 is 2.47 bits per heavy atom. The predicted molar refractivity (Wildman–Crippen MR) is 58.1 cm³/mol. The first-order valence-electron chi connectivity index (χ1n) is 3.71. The molecule has 0 saturated heterocycles.